The maximum atomic E-state index is 13.7. The largest absolute Gasteiger partial charge is 0.298 e. The highest BCUT2D eigenvalue weighted by Gasteiger charge is 2.61. The van der Waals surface area contributed by atoms with E-state index in [1.54, 1.807) is 0 Å². The van der Waals surface area contributed by atoms with E-state index in [-0.39, 0.29) is 17.3 Å². The van der Waals surface area contributed by atoms with Gasteiger partial charge in [0.25, 0.3) is 0 Å². The van der Waals surface area contributed by atoms with Gasteiger partial charge in [0, 0.05) is 11.3 Å². The molecule has 25 heavy (non-hydrogen) atoms. The Morgan fingerprint density at radius 2 is 1.16 bits per heavy atom. The first-order valence-electron chi connectivity index (χ1n) is 9.04. The highest BCUT2D eigenvalue weighted by Crippen LogP contribution is 2.65. The molecule has 2 aliphatic rings. The number of benzene rings is 3. The molecule has 0 aromatic heterocycles. The Bertz CT molecular complexity index is 923. The second-order valence-electron chi connectivity index (χ2n) is 7.34. The van der Waals surface area contributed by atoms with Crippen LogP contribution in [-0.2, 0) is 4.79 Å². The molecule has 0 radical (unpaired) electrons. The van der Waals surface area contributed by atoms with Crippen LogP contribution in [0.25, 0.3) is 0 Å². The summed E-state index contributed by atoms with van der Waals surface area (Å²) in [7, 11) is 0. The third kappa shape index (κ3) is 2.12. The van der Waals surface area contributed by atoms with Gasteiger partial charge in [0.1, 0.15) is 0 Å². The van der Waals surface area contributed by atoms with E-state index in [2.05, 4.69) is 60.7 Å². The van der Waals surface area contributed by atoms with Gasteiger partial charge in [0.2, 0.25) is 0 Å². The molecule has 3 aromatic rings. The molecule has 0 amide bonds. The predicted molar refractivity (Wildman–Crippen MR) is 99.7 cm³/mol. The van der Waals surface area contributed by atoms with Crippen LogP contribution in [0, 0.1) is 5.41 Å². The Morgan fingerprint density at radius 3 is 1.76 bits per heavy atom. The zero-order chi connectivity index (χ0) is 16.9. The quantitative estimate of drug-likeness (QED) is 0.624. The van der Waals surface area contributed by atoms with Crippen LogP contribution in [0.1, 0.15) is 46.9 Å². The van der Waals surface area contributed by atoms with Gasteiger partial charge < -0.3 is 0 Å². The number of carbonyl (C=O) groups is 1. The highest BCUT2D eigenvalue weighted by molar-refractivity contribution is 5.99. The van der Waals surface area contributed by atoms with Crippen LogP contribution >= 0.6 is 0 Å². The standard InChI is InChI=1S/C24H20O/c25-23-21(17-9-3-1-4-10-17)19-13-7-8-14-20(19)22(24(23)15-16-24)18-11-5-2-6-12-18/h1-14,21-22H,15-16H2. The molecule has 1 spiro atoms. The van der Waals surface area contributed by atoms with Crippen LogP contribution in [0.3, 0.4) is 0 Å². The van der Waals surface area contributed by atoms with Gasteiger partial charge in [-0.05, 0) is 35.1 Å². The summed E-state index contributed by atoms with van der Waals surface area (Å²) in [5.74, 6) is 0.475. The molecule has 2 aliphatic carbocycles. The van der Waals surface area contributed by atoms with Crippen molar-refractivity contribution in [3.8, 4) is 0 Å². The number of ketones is 1. The molecule has 2 atom stereocenters. The molecule has 0 heterocycles. The Hall–Kier alpha value is -2.67. The van der Waals surface area contributed by atoms with Gasteiger partial charge in [-0.2, -0.15) is 0 Å². The third-order valence-electron chi connectivity index (χ3n) is 5.98. The topological polar surface area (TPSA) is 17.1 Å². The van der Waals surface area contributed by atoms with Crippen molar-refractivity contribution in [1.29, 1.82) is 0 Å². The fourth-order valence-electron chi connectivity index (χ4n) is 4.70. The zero-order valence-electron chi connectivity index (χ0n) is 14.1. The van der Waals surface area contributed by atoms with Crippen molar-refractivity contribution in [3.05, 3.63) is 107 Å². The fraction of sp³-hybridized carbons (Fsp3) is 0.208. The summed E-state index contributed by atoms with van der Waals surface area (Å²) in [6.45, 7) is 0. The van der Waals surface area contributed by atoms with E-state index >= 15 is 0 Å². The van der Waals surface area contributed by atoms with E-state index in [0.29, 0.717) is 5.78 Å². The van der Waals surface area contributed by atoms with E-state index < -0.39 is 0 Å². The van der Waals surface area contributed by atoms with Gasteiger partial charge in [0.15, 0.2) is 5.78 Å². The molecule has 1 nitrogen and oxygen atoms in total. The van der Waals surface area contributed by atoms with E-state index in [1.165, 1.54) is 16.7 Å². The number of carbonyl (C=O) groups excluding carboxylic acids is 1. The van der Waals surface area contributed by atoms with Crippen molar-refractivity contribution in [2.45, 2.75) is 24.7 Å². The predicted octanol–water partition coefficient (Wildman–Crippen LogP) is 5.31. The summed E-state index contributed by atoms with van der Waals surface area (Å²) >= 11 is 0. The zero-order valence-corrected chi connectivity index (χ0v) is 14.1. The van der Waals surface area contributed by atoms with Crippen LogP contribution in [-0.4, -0.2) is 5.78 Å². The molecule has 5 rings (SSSR count). The van der Waals surface area contributed by atoms with E-state index in [0.717, 1.165) is 18.4 Å². The van der Waals surface area contributed by atoms with Crippen LogP contribution in [0.15, 0.2) is 84.9 Å². The van der Waals surface area contributed by atoms with Crippen LogP contribution < -0.4 is 0 Å². The van der Waals surface area contributed by atoms with Gasteiger partial charge in [-0.15, -0.1) is 0 Å². The van der Waals surface area contributed by atoms with Gasteiger partial charge in [-0.1, -0.05) is 84.9 Å². The molecule has 1 fully saturated rings. The van der Waals surface area contributed by atoms with E-state index in [9.17, 15) is 4.79 Å². The Kier molecular flexibility index (Phi) is 3.18. The first-order chi connectivity index (χ1) is 12.3. The van der Waals surface area contributed by atoms with Gasteiger partial charge >= 0.3 is 0 Å². The number of Topliss-reactive ketones (excluding diaryl/α,β-unsaturated/α-hetero) is 1. The summed E-state index contributed by atoms with van der Waals surface area (Å²) in [6, 6.07) is 29.4. The molecule has 0 aliphatic heterocycles. The summed E-state index contributed by atoms with van der Waals surface area (Å²) in [5, 5.41) is 0. The fourth-order valence-corrected chi connectivity index (χ4v) is 4.70. The Balaban J connectivity index is 1.75. The molecule has 1 saturated carbocycles. The second-order valence-corrected chi connectivity index (χ2v) is 7.34. The average molecular weight is 324 g/mol. The van der Waals surface area contributed by atoms with Crippen molar-refractivity contribution in [1.82, 2.24) is 0 Å². The van der Waals surface area contributed by atoms with Crippen molar-refractivity contribution < 1.29 is 4.79 Å². The van der Waals surface area contributed by atoms with Crippen molar-refractivity contribution in [2.75, 3.05) is 0 Å². The third-order valence-corrected chi connectivity index (χ3v) is 5.98. The summed E-state index contributed by atoms with van der Waals surface area (Å²) in [4.78, 5) is 13.7. The highest BCUT2D eigenvalue weighted by atomic mass is 16.1. The summed E-state index contributed by atoms with van der Waals surface area (Å²) in [5.41, 5.74) is 4.70. The molecule has 2 unspecified atom stereocenters. The number of rotatable bonds is 2. The summed E-state index contributed by atoms with van der Waals surface area (Å²) in [6.07, 6.45) is 2.01. The lowest BCUT2D eigenvalue weighted by atomic mass is 9.63. The number of hydrogen-bond donors (Lipinski definition) is 0. The minimum absolute atomic E-state index is 0.125. The lowest BCUT2D eigenvalue weighted by Crippen LogP contribution is -2.36. The van der Waals surface area contributed by atoms with Crippen molar-refractivity contribution >= 4 is 5.78 Å². The first-order valence-corrected chi connectivity index (χ1v) is 9.04. The van der Waals surface area contributed by atoms with Crippen LogP contribution in [0.4, 0.5) is 0 Å². The average Bonchev–Trinajstić information content (AvgIpc) is 3.46. The van der Waals surface area contributed by atoms with Crippen LogP contribution in [0.5, 0.6) is 0 Å². The Morgan fingerprint density at radius 1 is 0.640 bits per heavy atom. The molecular weight excluding hydrogens is 304 g/mol. The lowest BCUT2D eigenvalue weighted by molar-refractivity contribution is -0.126. The van der Waals surface area contributed by atoms with Crippen molar-refractivity contribution in [2.24, 2.45) is 5.41 Å². The van der Waals surface area contributed by atoms with Gasteiger partial charge in [0.05, 0.1) is 5.92 Å². The molecule has 1 heteroatoms. The second kappa shape index (κ2) is 5.42. The molecule has 0 saturated heterocycles. The minimum atomic E-state index is -0.212. The molecule has 3 aromatic carbocycles. The smallest absolute Gasteiger partial charge is 0.151 e. The molecule has 0 N–H and O–H groups in total. The lowest BCUT2D eigenvalue weighted by Gasteiger charge is -2.38. The minimum Gasteiger partial charge on any atom is -0.298 e. The van der Waals surface area contributed by atoms with Gasteiger partial charge in [-0.25, -0.2) is 0 Å². The van der Waals surface area contributed by atoms with E-state index in [1.807, 2.05) is 24.3 Å². The molecule has 0 bridgehead atoms. The number of fused-ring (bicyclic) bond motifs is 1. The van der Waals surface area contributed by atoms with Gasteiger partial charge in [-0.3, -0.25) is 4.79 Å². The maximum Gasteiger partial charge on any atom is 0.151 e. The SMILES string of the molecule is O=C1C(c2ccccc2)c2ccccc2C(c2ccccc2)C12CC2. The maximum absolute atomic E-state index is 13.7. The Labute approximate surface area is 148 Å². The molecule has 122 valence electrons. The number of hydrogen-bond acceptors (Lipinski definition) is 1. The summed E-state index contributed by atoms with van der Waals surface area (Å²) < 4.78 is 0. The van der Waals surface area contributed by atoms with Crippen molar-refractivity contribution in [3.63, 3.8) is 0 Å². The first kappa shape index (κ1) is 14.7. The van der Waals surface area contributed by atoms with Crippen LogP contribution in [0.2, 0.25) is 0 Å². The molecular formula is C24H20O. The normalized spacial score (nSPS) is 23.3. The monoisotopic (exact) mass is 324 g/mol. The van der Waals surface area contributed by atoms with E-state index in [4.69, 9.17) is 0 Å².